The summed E-state index contributed by atoms with van der Waals surface area (Å²) in [6.45, 7) is 6.61. The number of alkyl halides is 2. The van der Waals surface area contributed by atoms with Gasteiger partial charge in [-0.25, -0.2) is 8.78 Å². The predicted octanol–water partition coefficient (Wildman–Crippen LogP) is 3.86. The van der Waals surface area contributed by atoms with Crippen LogP contribution in [0.2, 0.25) is 0 Å². The molecule has 0 unspecified atom stereocenters. The highest BCUT2D eigenvalue weighted by atomic mass is 19.3. The molecule has 1 atom stereocenters. The Balaban J connectivity index is 1.53. The molecule has 2 aromatic carbocycles. The molecule has 0 amide bonds. The van der Waals surface area contributed by atoms with E-state index in [4.69, 9.17) is 4.74 Å². The van der Waals surface area contributed by atoms with Gasteiger partial charge < -0.3 is 14.9 Å². The first-order chi connectivity index (χ1) is 15.7. The zero-order valence-corrected chi connectivity index (χ0v) is 19.4. The summed E-state index contributed by atoms with van der Waals surface area (Å²) in [5, 5.41) is 19.1. The molecule has 0 aliphatic carbocycles. The lowest BCUT2D eigenvalue weighted by atomic mass is 9.76. The van der Waals surface area contributed by atoms with Crippen molar-refractivity contribution in [1.29, 1.82) is 0 Å². The fraction of sp³-hybridized carbons (Fsp3) is 0.538. The van der Waals surface area contributed by atoms with Gasteiger partial charge >= 0.3 is 0 Å². The van der Waals surface area contributed by atoms with E-state index in [2.05, 4.69) is 11.8 Å². The van der Waals surface area contributed by atoms with Gasteiger partial charge in [-0.2, -0.15) is 0 Å². The largest absolute Gasteiger partial charge is 0.508 e. The number of aromatic hydroxyl groups is 1. The molecule has 4 rings (SSSR count). The smallest absolute Gasteiger partial charge is 0.283 e. The van der Waals surface area contributed by atoms with E-state index in [1.54, 1.807) is 17.0 Å². The van der Waals surface area contributed by atoms with Crippen molar-refractivity contribution in [2.75, 3.05) is 45.9 Å². The molecule has 180 valence electrons. The third kappa shape index (κ3) is 5.00. The van der Waals surface area contributed by atoms with Gasteiger partial charge in [-0.05, 0) is 60.2 Å². The van der Waals surface area contributed by atoms with Crippen LogP contribution >= 0.6 is 0 Å². The molecular weight excluding hydrogens is 426 g/mol. The van der Waals surface area contributed by atoms with E-state index < -0.39 is 24.6 Å². The lowest BCUT2D eigenvalue weighted by molar-refractivity contribution is -0.0893. The molecule has 2 N–H and O–H groups in total. The summed E-state index contributed by atoms with van der Waals surface area (Å²) >= 11 is 0. The summed E-state index contributed by atoms with van der Waals surface area (Å²) in [5.41, 5.74) is 1.87. The summed E-state index contributed by atoms with van der Waals surface area (Å²) in [4.78, 5) is 4.11. The molecule has 7 heteroatoms. The van der Waals surface area contributed by atoms with Crippen LogP contribution in [0, 0.1) is 5.92 Å². The Labute approximate surface area is 194 Å². The van der Waals surface area contributed by atoms with Crippen molar-refractivity contribution in [3.8, 4) is 11.5 Å². The highest BCUT2D eigenvalue weighted by molar-refractivity contribution is 5.48. The van der Waals surface area contributed by atoms with Crippen molar-refractivity contribution in [3.05, 3.63) is 59.2 Å². The number of fused-ring (bicyclic) bond motifs is 1. The normalized spacial score (nSPS) is 22.1. The molecule has 5 nitrogen and oxygen atoms in total. The van der Waals surface area contributed by atoms with Gasteiger partial charge in [-0.3, -0.25) is 9.80 Å². The molecule has 0 aromatic heterocycles. The van der Waals surface area contributed by atoms with E-state index in [9.17, 15) is 19.0 Å². The molecule has 0 saturated carbocycles. The maximum absolute atomic E-state index is 14.2. The lowest BCUT2D eigenvalue weighted by Gasteiger charge is -2.47. The number of phenols is 1. The van der Waals surface area contributed by atoms with E-state index in [1.807, 2.05) is 37.3 Å². The highest BCUT2D eigenvalue weighted by Gasteiger charge is 2.44. The van der Waals surface area contributed by atoms with Gasteiger partial charge in [-0.15, -0.1) is 0 Å². The fourth-order valence-electron chi connectivity index (χ4n) is 5.10. The maximum Gasteiger partial charge on any atom is 0.283 e. The molecule has 2 aromatic rings. The minimum Gasteiger partial charge on any atom is -0.508 e. The van der Waals surface area contributed by atoms with Crippen molar-refractivity contribution in [1.82, 2.24) is 9.80 Å². The van der Waals surface area contributed by atoms with Crippen molar-refractivity contribution in [2.24, 2.45) is 5.92 Å². The Kier molecular flexibility index (Phi) is 6.93. The molecule has 2 aliphatic rings. The first-order valence-electron chi connectivity index (χ1n) is 11.8. The minimum atomic E-state index is -3.20. The van der Waals surface area contributed by atoms with Crippen LogP contribution in [0.3, 0.4) is 0 Å². The standard InChI is InChI=1S/C26H34F2N2O3/c1-3-19-15-29(16-19)12-13-33-23-7-4-21(5-8-23)25(2)24-9-6-22(32)14-20(24)10-11-30(25)17-26(27,28)18-31/h4-9,14,19,31-32H,3,10-13,15-18H2,1-2H3/t25-/m0/s1. The number of phenolic OH excluding ortho intramolecular Hbond substituents is 1. The van der Waals surface area contributed by atoms with Gasteiger partial charge in [-0.1, -0.05) is 31.5 Å². The molecular formula is C26H34F2N2O3. The van der Waals surface area contributed by atoms with Gasteiger partial charge in [0.25, 0.3) is 5.92 Å². The molecule has 0 radical (unpaired) electrons. The van der Waals surface area contributed by atoms with Crippen LogP contribution in [-0.2, 0) is 12.0 Å². The number of aliphatic hydroxyl groups excluding tert-OH is 1. The van der Waals surface area contributed by atoms with E-state index in [-0.39, 0.29) is 5.75 Å². The SMILES string of the molecule is CCC1CN(CCOc2ccc([C@@]3(C)c4ccc(O)cc4CCN3CC(F)(F)CO)cc2)C1. The monoisotopic (exact) mass is 460 g/mol. The molecule has 0 spiro atoms. The van der Waals surface area contributed by atoms with Crippen molar-refractivity contribution in [3.63, 3.8) is 0 Å². The number of hydrogen-bond acceptors (Lipinski definition) is 5. The quantitative estimate of drug-likeness (QED) is 0.595. The Hall–Kier alpha value is -2.22. The maximum atomic E-state index is 14.2. The third-order valence-corrected chi connectivity index (χ3v) is 7.25. The topological polar surface area (TPSA) is 56.2 Å². The first-order valence-corrected chi connectivity index (χ1v) is 11.8. The molecule has 0 bridgehead atoms. The summed E-state index contributed by atoms with van der Waals surface area (Å²) in [5.74, 6) is -1.47. The second kappa shape index (κ2) is 9.57. The number of likely N-dealkylation sites (tertiary alicyclic amines) is 1. The Morgan fingerprint density at radius 1 is 1.15 bits per heavy atom. The average Bonchev–Trinajstić information content (AvgIpc) is 2.77. The second-order valence-electron chi connectivity index (χ2n) is 9.51. The number of benzene rings is 2. The van der Waals surface area contributed by atoms with Gasteiger partial charge in [0, 0.05) is 26.2 Å². The number of ether oxygens (including phenoxy) is 1. The average molecular weight is 461 g/mol. The lowest BCUT2D eigenvalue weighted by Crippen LogP contribution is -2.54. The van der Waals surface area contributed by atoms with Crippen molar-refractivity contribution < 1.29 is 23.7 Å². The van der Waals surface area contributed by atoms with Crippen LogP contribution in [0.25, 0.3) is 0 Å². The van der Waals surface area contributed by atoms with Crippen LogP contribution in [0.4, 0.5) is 8.78 Å². The Morgan fingerprint density at radius 3 is 2.55 bits per heavy atom. The second-order valence-corrected chi connectivity index (χ2v) is 9.51. The fourth-order valence-corrected chi connectivity index (χ4v) is 5.10. The van der Waals surface area contributed by atoms with Crippen molar-refractivity contribution in [2.45, 2.75) is 38.2 Å². The predicted molar refractivity (Wildman–Crippen MR) is 124 cm³/mol. The van der Waals surface area contributed by atoms with E-state index in [0.29, 0.717) is 19.6 Å². The summed E-state index contributed by atoms with van der Waals surface area (Å²) in [6, 6.07) is 12.8. The summed E-state index contributed by atoms with van der Waals surface area (Å²) < 4.78 is 34.4. The summed E-state index contributed by atoms with van der Waals surface area (Å²) in [6.07, 6.45) is 1.78. The van der Waals surface area contributed by atoms with Crippen LogP contribution in [-0.4, -0.2) is 71.9 Å². The molecule has 1 saturated heterocycles. The molecule has 2 aliphatic heterocycles. The number of halogens is 2. The van der Waals surface area contributed by atoms with E-state index >= 15 is 0 Å². The Morgan fingerprint density at radius 2 is 1.88 bits per heavy atom. The first kappa shape index (κ1) is 23.9. The van der Waals surface area contributed by atoms with E-state index in [1.165, 1.54) is 6.42 Å². The zero-order chi connectivity index (χ0) is 23.6. The van der Waals surface area contributed by atoms with Crippen molar-refractivity contribution >= 4 is 0 Å². The van der Waals surface area contributed by atoms with E-state index in [0.717, 1.165) is 48.0 Å². The van der Waals surface area contributed by atoms with Crippen LogP contribution < -0.4 is 4.74 Å². The number of rotatable bonds is 9. The number of hydrogen-bond donors (Lipinski definition) is 2. The zero-order valence-electron chi connectivity index (χ0n) is 19.4. The van der Waals surface area contributed by atoms with Crippen LogP contribution in [0.1, 0.15) is 37.0 Å². The molecule has 33 heavy (non-hydrogen) atoms. The Bertz CT molecular complexity index is 947. The van der Waals surface area contributed by atoms with Crippen LogP contribution in [0.15, 0.2) is 42.5 Å². The highest BCUT2D eigenvalue weighted by Crippen LogP contribution is 2.43. The number of nitrogens with zero attached hydrogens (tertiary/aromatic N) is 2. The van der Waals surface area contributed by atoms with Gasteiger partial charge in [0.05, 0.1) is 12.1 Å². The van der Waals surface area contributed by atoms with Gasteiger partial charge in [0.1, 0.15) is 24.7 Å². The van der Waals surface area contributed by atoms with Gasteiger partial charge in [0.15, 0.2) is 0 Å². The van der Waals surface area contributed by atoms with Gasteiger partial charge in [0.2, 0.25) is 0 Å². The number of aliphatic hydroxyl groups is 1. The molecule has 2 heterocycles. The molecule has 1 fully saturated rings. The minimum absolute atomic E-state index is 0.168. The third-order valence-electron chi connectivity index (χ3n) is 7.25. The van der Waals surface area contributed by atoms with Crippen LogP contribution in [0.5, 0.6) is 11.5 Å². The summed E-state index contributed by atoms with van der Waals surface area (Å²) in [7, 11) is 0.